The van der Waals surface area contributed by atoms with Crippen molar-refractivity contribution in [1.29, 1.82) is 0 Å². The molecule has 0 radical (unpaired) electrons. The van der Waals surface area contributed by atoms with Crippen molar-refractivity contribution in [2.75, 3.05) is 0 Å². The second kappa shape index (κ2) is 1.35. The van der Waals surface area contributed by atoms with E-state index in [1.165, 1.54) is 34.1 Å². The molecule has 0 unspecified atom stereocenters. The van der Waals surface area contributed by atoms with Crippen LogP contribution in [0.1, 0.15) is 11.1 Å². The summed E-state index contributed by atoms with van der Waals surface area (Å²) in [5, 5.41) is 11.6. The van der Waals surface area contributed by atoms with Crippen molar-refractivity contribution in [1.82, 2.24) is 0 Å². The van der Waals surface area contributed by atoms with E-state index in [2.05, 4.69) is 13.2 Å². The number of hydrogen-bond acceptors (Lipinski definition) is 0. The summed E-state index contributed by atoms with van der Waals surface area (Å²) >= 11 is 0. The fourth-order valence-corrected chi connectivity index (χ4v) is 3.44. The smallest absolute Gasteiger partial charge is 0.000431 e. The van der Waals surface area contributed by atoms with Crippen LogP contribution < -0.4 is 10.4 Å². The first-order valence-electron chi connectivity index (χ1n) is 5.16. The average molecular weight is 176 g/mol. The van der Waals surface area contributed by atoms with Gasteiger partial charge in [0.1, 0.15) is 0 Å². The molecule has 0 saturated heterocycles. The Hall–Kier alpha value is -1.56. The molecular formula is C14H8. The molecule has 5 rings (SSSR count). The van der Waals surface area contributed by atoms with E-state index in [1.807, 2.05) is 0 Å². The van der Waals surface area contributed by atoms with E-state index >= 15 is 0 Å². The summed E-state index contributed by atoms with van der Waals surface area (Å²) in [5.41, 5.74) is 3.33. The molecule has 0 atom stereocenters. The lowest BCUT2D eigenvalue weighted by atomic mass is 9.65. The average Bonchev–Trinajstić information content (AvgIpc) is 2.12. The molecule has 0 nitrogen and oxygen atoms in total. The number of aryl methyl sites for hydroxylation is 2. The first-order valence-corrected chi connectivity index (χ1v) is 5.16. The molecule has 0 heteroatoms. The molecule has 1 aliphatic carbocycles. The van der Waals surface area contributed by atoms with Crippen LogP contribution in [0.3, 0.4) is 0 Å². The van der Waals surface area contributed by atoms with Crippen molar-refractivity contribution >= 4 is 45.5 Å². The summed E-state index contributed by atoms with van der Waals surface area (Å²) < 4.78 is 0. The van der Waals surface area contributed by atoms with E-state index < -0.39 is 0 Å². The summed E-state index contributed by atoms with van der Waals surface area (Å²) in [6, 6.07) is 0. The summed E-state index contributed by atoms with van der Waals surface area (Å²) in [5.74, 6) is 0. The SMILES string of the molecule is C=c1c(=C)c2c1c1c3c4c(c3c21)CC4. The zero-order valence-electron chi connectivity index (χ0n) is 7.83. The lowest BCUT2D eigenvalue weighted by molar-refractivity contribution is 0.850. The molecule has 0 fully saturated rings. The van der Waals surface area contributed by atoms with Crippen molar-refractivity contribution in [3.63, 3.8) is 0 Å². The fourth-order valence-electron chi connectivity index (χ4n) is 3.44. The fraction of sp³-hybridized carbons (Fsp3) is 0.143. The van der Waals surface area contributed by atoms with Gasteiger partial charge in [-0.05, 0) is 66.7 Å². The summed E-state index contributed by atoms with van der Waals surface area (Å²) in [6.45, 7) is 8.12. The quantitative estimate of drug-likeness (QED) is 0.383. The predicted molar refractivity (Wildman–Crippen MR) is 61.4 cm³/mol. The van der Waals surface area contributed by atoms with E-state index in [9.17, 15) is 0 Å². The molecule has 0 N–H and O–H groups in total. The highest BCUT2D eigenvalue weighted by molar-refractivity contribution is 6.50. The minimum absolute atomic E-state index is 1.19. The maximum atomic E-state index is 4.06. The molecule has 4 aromatic carbocycles. The normalized spacial score (nSPS) is 16.6. The molecule has 0 aliphatic heterocycles. The first-order chi connectivity index (χ1) is 6.80. The van der Waals surface area contributed by atoms with Crippen LogP contribution in [0.15, 0.2) is 0 Å². The Morgan fingerprint density at radius 2 is 1.00 bits per heavy atom. The highest BCUT2D eigenvalue weighted by Crippen LogP contribution is 2.56. The topological polar surface area (TPSA) is 0 Å². The molecule has 4 aromatic rings. The maximum Gasteiger partial charge on any atom is -0.000431 e. The van der Waals surface area contributed by atoms with Gasteiger partial charge in [0.25, 0.3) is 0 Å². The van der Waals surface area contributed by atoms with E-state index in [0.717, 1.165) is 0 Å². The second-order valence-corrected chi connectivity index (χ2v) is 4.66. The van der Waals surface area contributed by atoms with E-state index in [4.69, 9.17) is 0 Å². The van der Waals surface area contributed by atoms with Crippen molar-refractivity contribution in [3.8, 4) is 0 Å². The standard InChI is InChI=1S/C14H8/c1-5-6(2)10-9(5)13-11-7-3-4-8(7)12(11)14(10)13/h1-4H2. The monoisotopic (exact) mass is 176 g/mol. The van der Waals surface area contributed by atoms with Gasteiger partial charge in [0, 0.05) is 0 Å². The van der Waals surface area contributed by atoms with Crippen LogP contribution in [0.25, 0.3) is 45.5 Å². The molecule has 0 bridgehead atoms. The minimum Gasteiger partial charge on any atom is -0.0905 e. The Balaban J connectivity index is 2.17. The van der Waals surface area contributed by atoms with Crippen LogP contribution in [-0.2, 0) is 12.8 Å². The van der Waals surface area contributed by atoms with Gasteiger partial charge < -0.3 is 0 Å². The van der Waals surface area contributed by atoms with Gasteiger partial charge in [-0.15, -0.1) is 0 Å². The lowest BCUT2D eigenvalue weighted by Gasteiger charge is -2.38. The zero-order chi connectivity index (χ0) is 9.19. The van der Waals surface area contributed by atoms with Crippen molar-refractivity contribution in [2.45, 2.75) is 12.8 Å². The van der Waals surface area contributed by atoms with E-state index in [0.29, 0.717) is 0 Å². The number of fused-ring (bicyclic) bond motifs is 10. The van der Waals surface area contributed by atoms with Gasteiger partial charge in [0.2, 0.25) is 0 Å². The van der Waals surface area contributed by atoms with Crippen molar-refractivity contribution < 1.29 is 0 Å². The first kappa shape index (κ1) is 6.02. The Kier molecular flexibility index (Phi) is 0.579. The molecule has 0 saturated carbocycles. The Morgan fingerprint density at radius 3 is 1.36 bits per heavy atom. The van der Waals surface area contributed by atoms with Gasteiger partial charge in [-0.3, -0.25) is 0 Å². The second-order valence-electron chi connectivity index (χ2n) is 4.66. The third-order valence-electron chi connectivity index (χ3n) is 4.31. The lowest BCUT2D eigenvalue weighted by Crippen LogP contribution is -2.35. The predicted octanol–water partition coefficient (Wildman–Crippen LogP) is 1.82. The molecule has 64 valence electrons. The van der Waals surface area contributed by atoms with Crippen LogP contribution in [0.5, 0.6) is 0 Å². The van der Waals surface area contributed by atoms with Gasteiger partial charge in [0.15, 0.2) is 0 Å². The van der Waals surface area contributed by atoms with Crippen molar-refractivity contribution in [3.05, 3.63) is 21.6 Å². The summed E-state index contributed by atoms with van der Waals surface area (Å²) in [7, 11) is 0. The largest absolute Gasteiger partial charge is 0.0905 e. The number of rotatable bonds is 0. The molecular weight excluding hydrogens is 168 g/mol. The third kappa shape index (κ3) is 0.303. The van der Waals surface area contributed by atoms with E-state index in [-0.39, 0.29) is 0 Å². The molecule has 0 aromatic heterocycles. The van der Waals surface area contributed by atoms with Gasteiger partial charge >= 0.3 is 0 Å². The van der Waals surface area contributed by atoms with Gasteiger partial charge in [0.05, 0.1) is 0 Å². The molecule has 0 spiro atoms. The minimum atomic E-state index is 1.19. The highest BCUT2D eigenvalue weighted by atomic mass is 14.4. The van der Waals surface area contributed by atoms with Crippen LogP contribution in [0, 0.1) is 0 Å². The zero-order valence-corrected chi connectivity index (χ0v) is 7.83. The Morgan fingerprint density at radius 1 is 0.571 bits per heavy atom. The highest BCUT2D eigenvalue weighted by Gasteiger charge is 2.36. The van der Waals surface area contributed by atoms with Crippen LogP contribution in [0.4, 0.5) is 0 Å². The summed E-state index contributed by atoms with van der Waals surface area (Å²) in [4.78, 5) is 0. The van der Waals surface area contributed by atoms with Crippen molar-refractivity contribution in [2.24, 2.45) is 0 Å². The molecule has 0 heterocycles. The number of hydrogen-bond donors (Lipinski definition) is 0. The third-order valence-corrected chi connectivity index (χ3v) is 4.31. The Bertz CT molecular complexity index is 807. The number of benzene rings is 3. The molecule has 1 aliphatic rings. The summed E-state index contributed by atoms with van der Waals surface area (Å²) in [6.07, 6.45) is 2.64. The molecule has 14 heavy (non-hydrogen) atoms. The van der Waals surface area contributed by atoms with Gasteiger partial charge in [-0.25, -0.2) is 0 Å². The van der Waals surface area contributed by atoms with Crippen LogP contribution >= 0.6 is 0 Å². The van der Waals surface area contributed by atoms with E-state index in [1.54, 1.807) is 32.7 Å². The Labute approximate surface area is 80.5 Å². The van der Waals surface area contributed by atoms with Crippen LogP contribution in [0.2, 0.25) is 0 Å². The van der Waals surface area contributed by atoms with Crippen LogP contribution in [-0.4, -0.2) is 0 Å². The van der Waals surface area contributed by atoms with Gasteiger partial charge in [-0.2, -0.15) is 0 Å². The molecule has 0 amide bonds. The maximum absolute atomic E-state index is 4.06. The van der Waals surface area contributed by atoms with Gasteiger partial charge in [-0.1, -0.05) is 13.2 Å².